The van der Waals surface area contributed by atoms with Gasteiger partial charge in [-0.05, 0) is 25.8 Å². The molecule has 1 fully saturated rings. The Morgan fingerprint density at radius 2 is 2.25 bits per heavy atom. The van der Waals surface area contributed by atoms with Crippen molar-refractivity contribution < 1.29 is 9.53 Å². The highest BCUT2D eigenvalue weighted by atomic mass is 16.5. The molecule has 1 aliphatic heterocycles. The van der Waals surface area contributed by atoms with Crippen LogP contribution >= 0.6 is 0 Å². The van der Waals surface area contributed by atoms with Crippen molar-refractivity contribution in [3.63, 3.8) is 0 Å². The maximum atomic E-state index is 12.0. The molecule has 1 rings (SSSR count). The third-order valence-corrected chi connectivity index (χ3v) is 3.34. The SMILES string of the molecule is COCC(NC(=O)C1CCNC1C)C(C)C. The molecular formula is C12H24N2O2. The molecule has 0 aromatic rings. The Hall–Kier alpha value is -0.610. The van der Waals surface area contributed by atoms with Crippen molar-refractivity contribution in [3.05, 3.63) is 0 Å². The first-order valence-corrected chi connectivity index (χ1v) is 6.09. The summed E-state index contributed by atoms with van der Waals surface area (Å²) < 4.78 is 5.13. The fraction of sp³-hybridized carbons (Fsp3) is 0.917. The Morgan fingerprint density at radius 3 is 2.69 bits per heavy atom. The van der Waals surface area contributed by atoms with Crippen LogP contribution in [0.4, 0.5) is 0 Å². The molecule has 1 saturated heterocycles. The van der Waals surface area contributed by atoms with Crippen molar-refractivity contribution in [2.45, 2.75) is 39.3 Å². The molecule has 16 heavy (non-hydrogen) atoms. The zero-order valence-electron chi connectivity index (χ0n) is 10.7. The third kappa shape index (κ3) is 3.46. The number of hydrogen-bond donors (Lipinski definition) is 2. The van der Waals surface area contributed by atoms with Crippen molar-refractivity contribution in [2.75, 3.05) is 20.3 Å². The topological polar surface area (TPSA) is 50.4 Å². The van der Waals surface area contributed by atoms with Gasteiger partial charge in [0.25, 0.3) is 0 Å². The number of carbonyl (C=O) groups excluding carboxylic acids is 1. The van der Waals surface area contributed by atoms with E-state index >= 15 is 0 Å². The van der Waals surface area contributed by atoms with Gasteiger partial charge in [-0.2, -0.15) is 0 Å². The van der Waals surface area contributed by atoms with Crippen molar-refractivity contribution >= 4 is 5.91 Å². The molecular weight excluding hydrogens is 204 g/mol. The van der Waals surface area contributed by atoms with Crippen LogP contribution in [0.3, 0.4) is 0 Å². The highest BCUT2D eigenvalue weighted by Gasteiger charge is 2.30. The van der Waals surface area contributed by atoms with Crippen molar-refractivity contribution in [3.8, 4) is 0 Å². The predicted octanol–water partition coefficient (Wildman–Crippen LogP) is 0.772. The number of hydrogen-bond acceptors (Lipinski definition) is 3. The quantitative estimate of drug-likeness (QED) is 0.731. The largest absolute Gasteiger partial charge is 0.383 e. The van der Waals surface area contributed by atoms with Crippen LogP contribution in [0.15, 0.2) is 0 Å². The van der Waals surface area contributed by atoms with Gasteiger partial charge in [-0.15, -0.1) is 0 Å². The van der Waals surface area contributed by atoms with E-state index in [2.05, 4.69) is 31.4 Å². The van der Waals surface area contributed by atoms with Crippen LogP contribution in [0.25, 0.3) is 0 Å². The van der Waals surface area contributed by atoms with Crippen LogP contribution < -0.4 is 10.6 Å². The molecule has 0 spiro atoms. The molecule has 0 saturated carbocycles. The van der Waals surface area contributed by atoms with Gasteiger partial charge >= 0.3 is 0 Å². The second kappa shape index (κ2) is 6.21. The summed E-state index contributed by atoms with van der Waals surface area (Å²) in [5.41, 5.74) is 0. The first-order chi connectivity index (χ1) is 7.56. The molecule has 1 aliphatic rings. The average molecular weight is 228 g/mol. The summed E-state index contributed by atoms with van der Waals surface area (Å²) in [6.07, 6.45) is 0.935. The second-order valence-corrected chi connectivity index (χ2v) is 4.95. The summed E-state index contributed by atoms with van der Waals surface area (Å²) >= 11 is 0. The molecule has 3 atom stereocenters. The Bertz CT molecular complexity index is 231. The van der Waals surface area contributed by atoms with Gasteiger partial charge in [-0.3, -0.25) is 4.79 Å². The molecule has 1 heterocycles. The van der Waals surface area contributed by atoms with Crippen LogP contribution in [0.1, 0.15) is 27.2 Å². The van der Waals surface area contributed by atoms with E-state index in [-0.39, 0.29) is 23.9 Å². The zero-order chi connectivity index (χ0) is 12.1. The van der Waals surface area contributed by atoms with Crippen LogP contribution in [-0.2, 0) is 9.53 Å². The second-order valence-electron chi connectivity index (χ2n) is 4.95. The van der Waals surface area contributed by atoms with Gasteiger partial charge in [0.2, 0.25) is 5.91 Å². The lowest BCUT2D eigenvalue weighted by Crippen LogP contribution is -2.46. The number of rotatable bonds is 5. The van der Waals surface area contributed by atoms with Gasteiger partial charge in [0.1, 0.15) is 0 Å². The number of ether oxygens (including phenoxy) is 1. The molecule has 2 N–H and O–H groups in total. The Labute approximate surface area is 98.1 Å². The van der Waals surface area contributed by atoms with Gasteiger partial charge in [-0.1, -0.05) is 13.8 Å². The van der Waals surface area contributed by atoms with E-state index in [4.69, 9.17) is 4.74 Å². The fourth-order valence-electron chi connectivity index (χ4n) is 2.09. The van der Waals surface area contributed by atoms with Gasteiger partial charge in [0.15, 0.2) is 0 Å². The minimum absolute atomic E-state index is 0.109. The molecule has 0 aromatic heterocycles. The van der Waals surface area contributed by atoms with Crippen molar-refractivity contribution in [2.24, 2.45) is 11.8 Å². The maximum Gasteiger partial charge on any atom is 0.225 e. The van der Waals surface area contributed by atoms with E-state index in [1.165, 1.54) is 0 Å². The van der Waals surface area contributed by atoms with Gasteiger partial charge < -0.3 is 15.4 Å². The molecule has 1 amide bonds. The summed E-state index contributed by atoms with van der Waals surface area (Å²) in [5.74, 6) is 0.667. The van der Waals surface area contributed by atoms with Crippen molar-refractivity contribution in [1.29, 1.82) is 0 Å². The number of carbonyl (C=O) groups is 1. The first-order valence-electron chi connectivity index (χ1n) is 6.09. The lowest BCUT2D eigenvalue weighted by atomic mass is 9.99. The highest BCUT2D eigenvalue weighted by Crippen LogP contribution is 2.16. The Kier molecular flexibility index (Phi) is 5.22. The number of amides is 1. The molecule has 0 aliphatic carbocycles. The lowest BCUT2D eigenvalue weighted by Gasteiger charge is -2.24. The summed E-state index contributed by atoms with van der Waals surface area (Å²) in [6, 6.07) is 0.403. The van der Waals surface area contributed by atoms with Crippen LogP contribution in [0.5, 0.6) is 0 Å². The van der Waals surface area contributed by atoms with Gasteiger partial charge in [-0.25, -0.2) is 0 Å². The summed E-state index contributed by atoms with van der Waals surface area (Å²) in [5, 5.41) is 6.38. The summed E-state index contributed by atoms with van der Waals surface area (Å²) in [4.78, 5) is 12.0. The minimum Gasteiger partial charge on any atom is -0.383 e. The van der Waals surface area contributed by atoms with E-state index in [9.17, 15) is 4.79 Å². The molecule has 3 unspecified atom stereocenters. The maximum absolute atomic E-state index is 12.0. The van der Waals surface area contributed by atoms with Gasteiger partial charge in [0.05, 0.1) is 18.6 Å². The Balaban J connectivity index is 2.47. The van der Waals surface area contributed by atoms with Crippen LogP contribution in [0, 0.1) is 11.8 Å². The zero-order valence-corrected chi connectivity index (χ0v) is 10.7. The molecule has 94 valence electrons. The highest BCUT2D eigenvalue weighted by molar-refractivity contribution is 5.80. The monoisotopic (exact) mass is 228 g/mol. The molecule has 0 radical (unpaired) electrons. The molecule has 4 nitrogen and oxygen atoms in total. The summed E-state index contributed by atoms with van der Waals surface area (Å²) in [6.45, 7) is 7.78. The first kappa shape index (κ1) is 13.5. The van der Waals surface area contributed by atoms with E-state index in [1.54, 1.807) is 7.11 Å². The number of nitrogens with one attached hydrogen (secondary N) is 2. The Morgan fingerprint density at radius 1 is 1.56 bits per heavy atom. The standard InChI is InChI=1S/C12H24N2O2/c1-8(2)11(7-16-4)14-12(15)10-5-6-13-9(10)3/h8-11,13H,5-7H2,1-4H3,(H,14,15). The normalized spacial score (nSPS) is 27.1. The van der Waals surface area contributed by atoms with E-state index < -0.39 is 0 Å². The van der Waals surface area contributed by atoms with Crippen LogP contribution in [0.2, 0.25) is 0 Å². The van der Waals surface area contributed by atoms with Gasteiger partial charge in [0, 0.05) is 13.2 Å². The molecule has 4 heteroatoms. The van der Waals surface area contributed by atoms with E-state index in [1.807, 2.05) is 0 Å². The molecule has 0 aromatic carbocycles. The molecule has 0 bridgehead atoms. The third-order valence-electron chi connectivity index (χ3n) is 3.34. The minimum atomic E-state index is 0.109. The number of methoxy groups -OCH3 is 1. The lowest BCUT2D eigenvalue weighted by molar-refractivity contribution is -0.126. The predicted molar refractivity (Wildman–Crippen MR) is 64.2 cm³/mol. The smallest absolute Gasteiger partial charge is 0.225 e. The average Bonchev–Trinajstić information content (AvgIpc) is 2.63. The van der Waals surface area contributed by atoms with E-state index in [0.29, 0.717) is 12.5 Å². The fourth-order valence-corrected chi connectivity index (χ4v) is 2.09. The van der Waals surface area contributed by atoms with Crippen LogP contribution in [-0.4, -0.2) is 38.3 Å². The summed E-state index contributed by atoms with van der Waals surface area (Å²) in [7, 11) is 1.67. The van der Waals surface area contributed by atoms with E-state index in [0.717, 1.165) is 13.0 Å². The van der Waals surface area contributed by atoms with Crippen molar-refractivity contribution in [1.82, 2.24) is 10.6 Å².